The Balaban J connectivity index is 1.74. The van der Waals surface area contributed by atoms with E-state index in [-0.39, 0.29) is 30.0 Å². The van der Waals surface area contributed by atoms with Gasteiger partial charge in [-0.3, -0.25) is 14.0 Å². The van der Waals surface area contributed by atoms with Gasteiger partial charge >= 0.3 is 0 Å². The number of hydrogen-bond donors (Lipinski definition) is 2. The van der Waals surface area contributed by atoms with E-state index in [2.05, 4.69) is 10.4 Å². The molecule has 3 aromatic rings. The molecule has 3 heterocycles. The number of carbonyl (C=O) groups is 1. The third kappa shape index (κ3) is 3.15. The molecule has 0 aliphatic heterocycles. The Morgan fingerprint density at radius 1 is 1.44 bits per heavy atom. The van der Waals surface area contributed by atoms with Crippen LogP contribution in [0, 0.1) is 0 Å². The second-order valence-electron chi connectivity index (χ2n) is 7.81. The number of amides is 1. The number of aliphatic hydroxyl groups excluding tert-OH is 1. The summed E-state index contributed by atoms with van der Waals surface area (Å²) in [5.74, 6) is 0.470. The average molecular weight is 409 g/mol. The van der Waals surface area contributed by atoms with E-state index in [1.807, 2.05) is 31.2 Å². The summed E-state index contributed by atoms with van der Waals surface area (Å²) in [6.07, 6.45) is 0.667. The maximum absolute atomic E-state index is 12.9. The Labute approximate surface area is 164 Å². The normalized spacial score (nSPS) is 22.5. The number of aromatic nitrogens is 3. The number of rotatable bonds is 4. The number of fused-ring (bicyclic) bond motifs is 3. The number of hydrogen-bond acceptors (Lipinski definition) is 5. The fourth-order valence-electron chi connectivity index (χ4n) is 3.79. The van der Waals surface area contributed by atoms with Crippen LogP contribution in [-0.2, 0) is 11.3 Å². The second-order valence-corrected chi connectivity index (χ2v) is 9.53. The molecule has 1 amide bonds. The minimum absolute atomic E-state index is 0.0518. The maximum Gasteiger partial charge on any atom is 0.291 e. The van der Waals surface area contributed by atoms with Crippen molar-refractivity contribution in [2.45, 2.75) is 57.7 Å². The van der Waals surface area contributed by atoms with Crippen molar-refractivity contribution in [3.8, 4) is 0 Å². The van der Waals surface area contributed by atoms with Crippen molar-refractivity contribution in [3.05, 3.63) is 32.6 Å². The third-order valence-electron chi connectivity index (χ3n) is 4.99. The van der Waals surface area contributed by atoms with Gasteiger partial charge in [-0.15, -0.1) is 11.3 Å². The van der Waals surface area contributed by atoms with Crippen LogP contribution >= 0.6 is 22.9 Å². The van der Waals surface area contributed by atoms with Crippen LogP contribution in [0.3, 0.4) is 0 Å². The van der Waals surface area contributed by atoms with Gasteiger partial charge in [-0.05, 0) is 31.9 Å². The molecule has 4 rings (SSSR count). The lowest BCUT2D eigenvalue weighted by Gasteiger charge is -2.43. The first-order valence-electron chi connectivity index (χ1n) is 8.87. The van der Waals surface area contributed by atoms with E-state index in [0.29, 0.717) is 28.5 Å². The predicted molar refractivity (Wildman–Crippen MR) is 106 cm³/mol. The number of nitrogens with one attached hydrogen (secondary N) is 1. The molecule has 1 fully saturated rings. The summed E-state index contributed by atoms with van der Waals surface area (Å²) in [7, 11) is 0. The molecule has 27 heavy (non-hydrogen) atoms. The molecule has 144 valence electrons. The van der Waals surface area contributed by atoms with E-state index in [1.165, 1.54) is 16.0 Å². The summed E-state index contributed by atoms with van der Waals surface area (Å²) in [5.41, 5.74) is 0.623. The third-order valence-corrected chi connectivity index (χ3v) is 6.19. The molecule has 0 bridgehead atoms. The number of thiophene rings is 1. The Morgan fingerprint density at radius 2 is 2.15 bits per heavy atom. The molecule has 1 aliphatic rings. The van der Waals surface area contributed by atoms with Crippen molar-refractivity contribution in [2.75, 3.05) is 0 Å². The van der Waals surface area contributed by atoms with Crippen LogP contribution in [0.5, 0.6) is 0 Å². The van der Waals surface area contributed by atoms with Gasteiger partial charge in [0.05, 0.1) is 20.7 Å². The molecule has 0 saturated heterocycles. The summed E-state index contributed by atoms with van der Waals surface area (Å²) in [4.78, 5) is 25.4. The van der Waals surface area contributed by atoms with E-state index in [9.17, 15) is 14.7 Å². The largest absolute Gasteiger partial charge is 0.393 e. The van der Waals surface area contributed by atoms with E-state index >= 15 is 0 Å². The maximum atomic E-state index is 12.9. The zero-order valence-corrected chi connectivity index (χ0v) is 16.9. The van der Waals surface area contributed by atoms with Gasteiger partial charge in [0.25, 0.3) is 5.56 Å². The minimum atomic E-state index is -0.417. The highest BCUT2D eigenvalue weighted by Gasteiger charge is 2.40. The van der Waals surface area contributed by atoms with E-state index in [1.54, 1.807) is 6.07 Å². The van der Waals surface area contributed by atoms with Crippen molar-refractivity contribution in [1.29, 1.82) is 0 Å². The van der Waals surface area contributed by atoms with Crippen molar-refractivity contribution >= 4 is 44.6 Å². The highest BCUT2D eigenvalue weighted by molar-refractivity contribution is 7.22. The van der Waals surface area contributed by atoms with Gasteiger partial charge in [-0.25, -0.2) is 4.68 Å². The number of nitrogens with zero attached hydrogens (tertiary/aromatic N) is 3. The number of halogens is 1. The van der Waals surface area contributed by atoms with Gasteiger partial charge in [0.15, 0.2) is 0 Å². The van der Waals surface area contributed by atoms with E-state index in [4.69, 9.17) is 11.6 Å². The van der Waals surface area contributed by atoms with Crippen LogP contribution in [0.4, 0.5) is 0 Å². The molecule has 0 aromatic carbocycles. The van der Waals surface area contributed by atoms with Crippen LogP contribution in [0.2, 0.25) is 4.34 Å². The smallest absolute Gasteiger partial charge is 0.291 e. The van der Waals surface area contributed by atoms with Crippen LogP contribution in [0.25, 0.3) is 15.7 Å². The Kier molecular flexibility index (Phi) is 4.32. The molecule has 0 radical (unpaired) electrons. The van der Waals surface area contributed by atoms with Crippen molar-refractivity contribution < 1.29 is 9.90 Å². The summed E-state index contributed by atoms with van der Waals surface area (Å²) in [6, 6.07) is 3.64. The highest BCUT2D eigenvalue weighted by Crippen LogP contribution is 2.33. The zero-order valence-electron chi connectivity index (χ0n) is 15.3. The quantitative estimate of drug-likeness (QED) is 0.694. The van der Waals surface area contributed by atoms with Gasteiger partial charge in [0.1, 0.15) is 17.9 Å². The summed E-state index contributed by atoms with van der Waals surface area (Å²) < 4.78 is 4.63. The van der Waals surface area contributed by atoms with Gasteiger partial charge in [-0.2, -0.15) is 5.10 Å². The molecule has 3 aromatic heterocycles. The molecule has 9 heteroatoms. The first-order chi connectivity index (χ1) is 12.7. The SMILES string of the molecule is CC(C)c1nn(CC(=O)NC2(C)CC(O)C2)c(=O)c2cc3sc(Cl)cc3n12. The summed E-state index contributed by atoms with van der Waals surface area (Å²) in [5, 5.41) is 16.9. The zero-order chi connectivity index (χ0) is 19.5. The molecule has 7 nitrogen and oxygen atoms in total. The average Bonchev–Trinajstić information content (AvgIpc) is 3.04. The Hall–Kier alpha value is -1.90. The monoisotopic (exact) mass is 408 g/mol. The van der Waals surface area contributed by atoms with Gasteiger partial charge in [0.2, 0.25) is 5.91 Å². The molecule has 0 atom stereocenters. The number of carbonyl (C=O) groups excluding carboxylic acids is 1. The molecular formula is C18H21ClN4O3S. The minimum Gasteiger partial charge on any atom is -0.393 e. The lowest BCUT2D eigenvalue weighted by atomic mass is 9.76. The van der Waals surface area contributed by atoms with Crippen LogP contribution in [-0.4, -0.2) is 36.8 Å². The molecule has 1 saturated carbocycles. The van der Waals surface area contributed by atoms with Gasteiger partial charge in [-0.1, -0.05) is 25.4 Å². The lowest BCUT2D eigenvalue weighted by molar-refractivity contribution is -0.126. The predicted octanol–water partition coefficient (Wildman–Crippen LogP) is 2.52. The molecule has 0 spiro atoms. The highest BCUT2D eigenvalue weighted by atomic mass is 35.5. The van der Waals surface area contributed by atoms with E-state index in [0.717, 1.165) is 10.2 Å². The van der Waals surface area contributed by atoms with Crippen LogP contribution < -0.4 is 10.9 Å². The molecule has 2 N–H and O–H groups in total. The lowest BCUT2D eigenvalue weighted by Crippen LogP contribution is -2.58. The first-order valence-corrected chi connectivity index (χ1v) is 10.1. The molecule has 0 unspecified atom stereocenters. The second kappa shape index (κ2) is 6.32. The number of aliphatic hydroxyl groups is 1. The fraction of sp³-hybridized carbons (Fsp3) is 0.500. The topological polar surface area (TPSA) is 88.6 Å². The van der Waals surface area contributed by atoms with Gasteiger partial charge < -0.3 is 10.4 Å². The van der Waals surface area contributed by atoms with Gasteiger partial charge in [0, 0.05) is 11.5 Å². The Morgan fingerprint density at radius 3 is 2.78 bits per heavy atom. The van der Waals surface area contributed by atoms with Crippen LogP contribution in [0.1, 0.15) is 45.4 Å². The standard InChI is InChI=1S/C18H21ClN4O3S/c1-9(2)16-21-22(8-15(25)20-18(3)6-10(24)7-18)17(26)12-4-13-11(23(12)16)5-14(19)27-13/h4-5,9-10,24H,6-8H2,1-3H3,(H,20,25). The van der Waals surface area contributed by atoms with Crippen LogP contribution in [0.15, 0.2) is 16.9 Å². The fourth-order valence-corrected chi connectivity index (χ4v) is 4.95. The van der Waals surface area contributed by atoms with Crippen molar-refractivity contribution in [1.82, 2.24) is 19.5 Å². The molecular weight excluding hydrogens is 388 g/mol. The summed E-state index contributed by atoms with van der Waals surface area (Å²) >= 11 is 7.53. The Bertz CT molecular complexity index is 1110. The van der Waals surface area contributed by atoms with Crippen molar-refractivity contribution in [3.63, 3.8) is 0 Å². The molecule has 1 aliphatic carbocycles. The summed E-state index contributed by atoms with van der Waals surface area (Å²) in [6.45, 7) is 5.72. The van der Waals surface area contributed by atoms with Crippen molar-refractivity contribution in [2.24, 2.45) is 0 Å². The first kappa shape index (κ1) is 18.5. The van der Waals surface area contributed by atoms with E-state index < -0.39 is 5.54 Å².